The average molecular weight is 544 g/mol. The summed E-state index contributed by atoms with van der Waals surface area (Å²) < 4.78 is 18.6. The number of carbonyl (C=O) groups is 1. The quantitative estimate of drug-likeness (QED) is 0.265. The number of para-hydroxylation sites is 1. The fourth-order valence-electron chi connectivity index (χ4n) is 4.61. The molecule has 0 saturated carbocycles. The van der Waals surface area contributed by atoms with Crippen LogP contribution in [0.15, 0.2) is 49.1 Å². The Bertz CT molecular complexity index is 1530. The zero-order chi connectivity index (χ0) is 28.4. The lowest BCUT2D eigenvalue weighted by atomic mass is 10.1. The summed E-state index contributed by atoms with van der Waals surface area (Å²) in [6.07, 6.45) is 5.40. The molecule has 0 radical (unpaired) electrons. The first-order chi connectivity index (χ1) is 19.3. The van der Waals surface area contributed by atoms with Crippen LogP contribution in [-0.2, 0) is 11.8 Å². The predicted molar refractivity (Wildman–Crippen MR) is 152 cm³/mol. The van der Waals surface area contributed by atoms with Crippen LogP contribution in [0, 0.1) is 6.92 Å². The van der Waals surface area contributed by atoms with E-state index in [2.05, 4.69) is 20.1 Å². The topological polar surface area (TPSA) is 108 Å². The van der Waals surface area contributed by atoms with E-state index in [1.807, 2.05) is 75.1 Å². The van der Waals surface area contributed by atoms with Crippen molar-refractivity contribution in [3.8, 4) is 22.9 Å². The number of hydrogen-bond acceptors (Lipinski definition) is 10. The number of pyridine rings is 2. The number of ketones is 1. The minimum absolute atomic E-state index is 0.0131. The summed E-state index contributed by atoms with van der Waals surface area (Å²) in [5.74, 6) is 3.20. The van der Waals surface area contributed by atoms with Crippen molar-refractivity contribution >= 4 is 28.8 Å². The smallest absolute Gasteiger partial charge is 0.184 e. The largest absolute Gasteiger partial charge is 0.494 e. The molecule has 4 aromatic rings. The van der Waals surface area contributed by atoms with Crippen LogP contribution in [0.4, 0.5) is 23.0 Å². The van der Waals surface area contributed by atoms with E-state index in [-0.39, 0.29) is 11.9 Å². The molecule has 0 spiro atoms. The molecule has 4 heterocycles. The van der Waals surface area contributed by atoms with Gasteiger partial charge in [-0.05, 0) is 30.7 Å². The first kappa shape index (κ1) is 27.1. The molecular formula is C29H33N7O4. The number of aryl methyl sites for hydroxylation is 2. The second kappa shape index (κ2) is 11.3. The van der Waals surface area contributed by atoms with Crippen LogP contribution in [0.3, 0.4) is 0 Å². The van der Waals surface area contributed by atoms with Gasteiger partial charge in [-0.3, -0.25) is 9.48 Å². The minimum atomic E-state index is -0.0131. The zero-order valence-corrected chi connectivity index (χ0v) is 23.6. The summed E-state index contributed by atoms with van der Waals surface area (Å²) in [5, 5.41) is 4.45. The molecule has 5 rings (SSSR count). The number of rotatable bonds is 10. The van der Waals surface area contributed by atoms with Gasteiger partial charge in [-0.25, -0.2) is 15.0 Å². The van der Waals surface area contributed by atoms with Crippen LogP contribution in [-0.4, -0.2) is 71.0 Å². The van der Waals surface area contributed by atoms with Crippen molar-refractivity contribution in [2.75, 3.05) is 44.2 Å². The number of carbonyl (C=O) groups excluding carboxylic acids is 1. The van der Waals surface area contributed by atoms with Crippen LogP contribution in [0.25, 0.3) is 11.4 Å². The summed E-state index contributed by atoms with van der Waals surface area (Å²) in [5.41, 5.74) is 3.64. The lowest BCUT2D eigenvalue weighted by Gasteiger charge is -2.28. The summed E-state index contributed by atoms with van der Waals surface area (Å²) in [6, 6.07) is 9.62. The third kappa shape index (κ3) is 5.20. The third-order valence-electron chi connectivity index (χ3n) is 6.85. The number of aromatic nitrogens is 5. The average Bonchev–Trinajstić information content (AvgIpc) is 3.39. The fourth-order valence-corrected chi connectivity index (χ4v) is 4.61. The standard InChI is InChI=1S/C29H33N7O4/c1-7-25(37)22-14-30-26(36(5)29-18(2)11-19(13-31-29)40-20-15-39-16-20)12-24(22)35(4)23-10-8-9-21(27(23)38-6)28-32-17-34(3)33-28/h8-14,17,20H,7,15-16H2,1-6H3. The number of benzene rings is 1. The van der Waals surface area contributed by atoms with Crippen molar-refractivity contribution in [2.24, 2.45) is 7.05 Å². The molecule has 11 heteroatoms. The van der Waals surface area contributed by atoms with Gasteiger partial charge in [0.15, 0.2) is 17.4 Å². The first-order valence-electron chi connectivity index (χ1n) is 13.1. The van der Waals surface area contributed by atoms with E-state index in [4.69, 9.17) is 14.2 Å². The van der Waals surface area contributed by atoms with E-state index >= 15 is 0 Å². The molecule has 40 heavy (non-hydrogen) atoms. The lowest BCUT2D eigenvalue weighted by Crippen LogP contribution is -2.38. The molecule has 0 N–H and O–H groups in total. The maximum Gasteiger partial charge on any atom is 0.184 e. The number of nitrogens with zero attached hydrogens (tertiary/aromatic N) is 7. The van der Waals surface area contributed by atoms with Gasteiger partial charge in [0.1, 0.15) is 29.8 Å². The van der Waals surface area contributed by atoms with Gasteiger partial charge in [0.05, 0.1) is 49.0 Å². The van der Waals surface area contributed by atoms with E-state index in [0.717, 1.165) is 22.6 Å². The van der Waals surface area contributed by atoms with E-state index in [0.29, 0.717) is 54.0 Å². The normalized spacial score (nSPS) is 13.1. The Morgan fingerprint density at radius 3 is 2.52 bits per heavy atom. The molecule has 1 aliphatic heterocycles. The summed E-state index contributed by atoms with van der Waals surface area (Å²) in [6.45, 7) is 5.01. The van der Waals surface area contributed by atoms with Crippen molar-refractivity contribution in [1.29, 1.82) is 0 Å². The lowest BCUT2D eigenvalue weighted by molar-refractivity contribution is -0.0798. The van der Waals surface area contributed by atoms with Gasteiger partial charge in [0.2, 0.25) is 0 Å². The predicted octanol–water partition coefficient (Wildman–Crippen LogP) is 4.50. The van der Waals surface area contributed by atoms with Gasteiger partial charge < -0.3 is 24.0 Å². The highest BCUT2D eigenvalue weighted by Gasteiger charge is 2.24. The second-order valence-corrected chi connectivity index (χ2v) is 9.64. The highest BCUT2D eigenvalue weighted by atomic mass is 16.6. The molecule has 0 unspecified atom stereocenters. The van der Waals surface area contributed by atoms with Crippen molar-refractivity contribution < 1.29 is 19.0 Å². The number of methoxy groups -OCH3 is 1. The zero-order valence-electron chi connectivity index (χ0n) is 23.6. The molecule has 0 amide bonds. The second-order valence-electron chi connectivity index (χ2n) is 9.64. The van der Waals surface area contributed by atoms with Gasteiger partial charge in [-0.1, -0.05) is 13.0 Å². The summed E-state index contributed by atoms with van der Waals surface area (Å²) >= 11 is 0. The van der Waals surface area contributed by atoms with Crippen LogP contribution < -0.4 is 19.3 Å². The van der Waals surface area contributed by atoms with Crippen LogP contribution in [0.5, 0.6) is 11.5 Å². The van der Waals surface area contributed by atoms with E-state index in [9.17, 15) is 4.79 Å². The molecule has 1 saturated heterocycles. The molecule has 3 aromatic heterocycles. The number of hydrogen-bond donors (Lipinski definition) is 0. The Balaban J connectivity index is 1.53. The fraction of sp³-hybridized carbons (Fsp3) is 0.345. The van der Waals surface area contributed by atoms with Gasteiger partial charge in [0.25, 0.3) is 0 Å². The van der Waals surface area contributed by atoms with E-state index in [1.165, 1.54) is 0 Å². The Morgan fingerprint density at radius 1 is 1.10 bits per heavy atom. The molecule has 1 aromatic carbocycles. The third-order valence-corrected chi connectivity index (χ3v) is 6.85. The SMILES string of the molecule is CCC(=O)c1cnc(N(C)c2ncc(OC3COC3)cc2C)cc1N(C)c1cccc(-c2ncn(C)n2)c1OC. The number of anilines is 4. The molecule has 1 fully saturated rings. The van der Waals surface area contributed by atoms with E-state index in [1.54, 1.807) is 30.5 Å². The van der Waals surface area contributed by atoms with Gasteiger partial charge >= 0.3 is 0 Å². The van der Waals surface area contributed by atoms with E-state index < -0.39 is 0 Å². The Hall–Kier alpha value is -4.51. The highest BCUT2D eigenvalue weighted by molar-refractivity contribution is 6.02. The monoisotopic (exact) mass is 543 g/mol. The molecule has 1 aliphatic rings. The first-order valence-corrected chi connectivity index (χ1v) is 13.1. The number of ether oxygens (including phenoxy) is 3. The van der Waals surface area contributed by atoms with Crippen molar-refractivity contribution in [3.63, 3.8) is 0 Å². The summed E-state index contributed by atoms with van der Waals surface area (Å²) in [4.78, 5) is 30.5. The van der Waals surface area contributed by atoms with Crippen LogP contribution >= 0.6 is 0 Å². The van der Waals surface area contributed by atoms with Crippen LogP contribution in [0.1, 0.15) is 29.3 Å². The maximum atomic E-state index is 13.0. The molecule has 0 atom stereocenters. The molecule has 0 bridgehead atoms. The Kier molecular flexibility index (Phi) is 7.65. The highest BCUT2D eigenvalue weighted by Crippen LogP contribution is 2.41. The molecule has 11 nitrogen and oxygen atoms in total. The van der Waals surface area contributed by atoms with Crippen molar-refractivity contribution in [1.82, 2.24) is 24.7 Å². The number of Topliss-reactive ketones (excluding diaryl/α,β-unsaturated/α-hetero) is 1. The minimum Gasteiger partial charge on any atom is -0.494 e. The molecule has 208 valence electrons. The van der Waals surface area contributed by atoms with Crippen molar-refractivity contribution in [3.05, 3.63) is 60.2 Å². The van der Waals surface area contributed by atoms with Gasteiger partial charge in [-0.15, -0.1) is 0 Å². The summed E-state index contributed by atoms with van der Waals surface area (Å²) in [7, 11) is 7.23. The van der Waals surface area contributed by atoms with Gasteiger partial charge in [-0.2, -0.15) is 5.10 Å². The van der Waals surface area contributed by atoms with Crippen molar-refractivity contribution in [2.45, 2.75) is 26.4 Å². The molecule has 0 aliphatic carbocycles. The maximum absolute atomic E-state index is 13.0. The van der Waals surface area contributed by atoms with Crippen LogP contribution in [0.2, 0.25) is 0 Å². The Morgan fingerprint density at radius 2 is 1.90 bits per heavy atom. The Labute approximate surface area is 233 Å². The van der Waals surface area contributed by atoms with Gasteiger partial charge in [0, 0.05) is 39.8 Å². The molecular weight excluding hydrogens is 510 g/mol.